The monoisotopic (exact) mass is 856 g/mol. The lowest BCUT2D eigenvalue weighted by Gasteiger charge is -2.27. The first-order chi connectivity index (χ1) is 24.4. The van der Waals surface area contributed by atoms with E-state index in [0.29, 0.717) is 37.1 Å². The molecular formula is C36H56N8O6S5. The molecule has 3 heterocycles. The molecule has 55 heavy (non-hydrogen) atoms. The van der Waals surface area contributed by atoms with E-state index in [4.69, 9.17) is 16.2 Å². The maximum Gasteiger partial charge on any atom is 0.243 e. The molecule has 0 unspecified atom stereocenters. The zero-order valence-corrected chi connectivity index (χ0v) is 36.1. The number of hydrogen-bond acceptors (Lipinski definition) is 9. The molecule has 19 heteroatoms. The topological polar surface area (TPSA) is 220 Å². The minimum absolute atomic E-state index is 0. The molecule has 2 aromatic carbocycles. The molecule has 4 amide bonds. The van der Waals surface area contributed by atoms with Crippen LogP contribution in [-0.4, -0.2) is 77.7 Å². The van der Waals surface area contributed by atoms with E-state index in [1.54, 1.807) is 12.1 Å². The van der Waals surface area contributed by atoms with Gasteiger partial charge in [0.25, 0.3) is 0 Å². The van der Waals surface area contributed by atoms with Crippen LogP contribution in [0.4, 0.5) is 0 Å². The second-order valence-corrected chi connectivity index (χ2v) is 14.1. The fourth-order valence-corrected chi connectivity index (χ4v) is 6.70. The van der Waals surface area contributed by atoms with Gasteiger partial charge in [-0.05, 0) is 74.3 Å². The number of carbonyl (C=O) groups is 5. The SMILES string of the molecule is CC(=O)N[C@H]1Cc2ccc(cc2)OCCCC[C@@H](C(=O)N[C@@H](CCCN=C(N)N)C(=O)c2nc3ccccc3s2)NC(=O)[C@H](CC(C)C)NC1=O.S.S.S.S. The third-order valence-electron chi connectivity index (χ3n) is 8.27. The van der Waals surface area contributed by atoms with Gasteiger partial charge in [-0.2, -0.15) is 54.0 Å². The van der Waals surface area contributed by atoms with Gasteiger partial charge in [0.15, 0.2) is 11.0 Å². The zero-order valence-electron chi connectivity index (χ0n) is 31.3. The van der Waals surface area contributed by atoms with Crippen LogP contribution in [0.3, 0.4) is 0 Å². The number of aliphatic imine (C=N–C) groups is 1. The summed E-state index contributed by atoms with van der Waals surface area (Å²) in [5.41, 5.74) is 12.4. The number of aromatic nitrogens is 1. The van der Waals surface area contributed by atoms with E-state index in [-0.39, 0.29) is 109 Å². The van der Waals surface area contributed by atoms with E-state index in [0.717, 1.165) is 10.3 Å². The Kier molecular flexibility index (Phi) is 23.8. The second-order valence-electron chi connectivity index (χ2n) is 13.1. The van der Waals surface area contributed by atoms with Crippen molar-refractivity contribution in [3.05, 3.63) is 59.1 Å². The molecule has 0 fully saturated rings. The van der Waals surface area contributed by atoms with Gasteiger partial charge in [-0.1, -0.05) is 38.1 Å². The lowest BCUT2D eigenvalue weighted by Crippen LogP contribution is -2.58. The number of fused-ring (bicyclic) bond motifs is 15. The van der Waals surface area contributed by atoms with Crippen molar-refractivity contribution in [2.24, 2.45) is 22.4 Å². The molecule has 2 aliphatic heterocycles. The molecule has 0 saturated carbocycles. The van der Waals surface area contributed by atoms with Crippen LogP contribution < -0.4 is 37.5 Å². The van der Waals surface area contributed by atoms with Crippen LogP contribution in [0.15, 0.2) is 53.5 Å². The van der Waals surface area contributed by atoms with Gasteiger partial charge in [0, 0.05) is 19.9 Å². The van der Waals surface area contributed by atoms with Crippen molar-refractivity contribution in [3.8, 4) is 5.75 Å². The zero-order chi connectivity index (χ0) is 36.9. The average molecular weight is 857 g/mol. The normalized spacial score (nSPS) is 17.9. The predicted molar refractivity (Wildman–Crippen MR) is 238 cm³/mol. The Morgan fingerprint density at radius 3 is 2.31 bits per heavy atom. The number of nitrogens with two attached hydrogens (primary N) is 2. The van der Waals surface area contributed by atoms with Crippen LogP contribution in [0.25, 0.3) is 10.2 Å². The number of Topliss-reactive ketones (excluding diaryl/α,β-unsaturated/α-hetero) is 1. The van der Waals surface area contributed by atoms with Crippen LogP contribution in [0.2, 0.25) is 0 Å². The number of hydrogen-bond donors (Lipinski definition) is 6. The molecule has 0 saturated heterocycles. The predicted octanol–water partition coefficient (Wildman–Crippen LogP) is 2.79. The summed E-state index contributed by atoms with van der Waals surface area (Å²) in [6.07, 6.45) is 2.44. The number of para-hydroxylation sites is 1. The molecule has 8 N–H and O–H groups in total. The number of nitrogens with one attached hydrogen (secondary N) is 4. The van der Waals surface area contributed by atoms with E-state index >= 15 is 0 Å². The van der Waals surface area contributed by atoms with Gasteiger partial charge in [0.05, 0.1) is 22.9 Å². The highest BCUT2D eigenvalue weighted by Gasteiger charge is 2.32. The number of ketones is 1. The average Bonchev–Trinajstić information content (AvgIpc) is 3.52. The molecule has 2 aliphatic rings. The fourth-order valence-electron chi connectivity index (χ4n) is 5.74. The molecule has 2 bridgehead atoms. The Morgan fingerprint density at radius 2 is 1.67 bits per heavy atom. The summed E-state index contributed by atoms with van der Waals surface area (Å²) in [5.74, 6) is -1.82. The number of benzene rings is 2. The number of rotatable bonds is 11. The fraction of sp³-hybridized carbons (Fsp3) is 0.472. The first-order valence-corrected chi connectivity index (χ1v) is 18.1. The number of nitrogens with zero attached hydrogens (tertiary/aromatic N) is 2. The molecule has 4 atom stereocenters. The number of carbonyl (C=O) groups excluding carboxylic acids is 5. The highest BCUT2D eigenvalue weighted by molar-refractivity contribution is 7.59. The summed E-state index contributed by atoms with van der Waals surface area (Å²) in [6.45, 7) is 5.78. The van der Waals surface area contributed by atoms with E-state index in [9.17, 15) is 24.0 Å². The van der Waals surface area contributed by atoms with Crippen LogP contribution in [-0.2, 0) is 25.6 Å². The summed E-state index contributed by atoms with van der Waals surface area (Å²) in [5, 5.41) is 11.5. The second kappa shape index (κ2) is 25.5. The lowest BCUT2D eigenvalue weighted by atomic mass is 10.00. The number of thiazole rings is 1. The van der Waals surface area contributed by atoms with Crippen molar-refractivity contribution < 1.29 is 28.7 Å². The molecule has 5 rings (SSSR count). The standard InChI is InChI=1S/C36H48N8O6S.4H2S/c1-21(2)19-28-33(48)42-27(10-6-7-18-50-24-15-13-23(14-16-24)20-29(34(49)43-28)40-22(3)45)32(47)41-26(11-8-17-39-36(37)38)31(46)35-44-25-9-4-5-12-30(25)51-35;;;;/h4-5,9,12-16,21,26-29H,6-8,10-11,17-20H2,1-3H3,(H,40,45)(H,41,47)(H,42,48)(H,43,49)(H4,37,38,39);4*1H2/t26-,27-,28-,29-;;;;/m0..../s1. The van der Waals surface area contributed by atoms with Gasteiger partial charge in [-0.3, -0.25) is 29.0 Å². The Hall–Kier alpha value is -3.65. The molecule has 3 aromatic rings. The molecule has 1 aromatic heterocycles. The minimum Gasteiger partial charge on any atom is -0.494 e. The quantitative estimate of drug-likeness (QED) is 0.0722. The van der Waals surface area contributed by atoms with Crippen LogP contribution in [0, 0.1) is 5.92 Å². The number of guanidine groups is 1. The molecule has 306 valence electrons. The summed E-state index contributed by atoms with van der Waals surface area (Å²) in [7, 11) is 0. The van der Waals surface area contributed by atoms with E-state index in [1.807, 2.05) is 50.2 Å². The maximum absolute atomic E-state index is 14.0. The molecule has 0 spiro atoms. The maximum atomic E-state index is 14.0. The summed E-state index contributed by atoms with van der Waals surface area (Å²) < 4.78 is 6.74. The van der Waals surface area contributed by atoms with Crippen LogP contribution in [0.1, 0.15) is 74.7 Å². The van der Waals surface area contributed by atoms with Crippen LogP contribution >= 0.6 is 65.3 Å². The summed E-state index contributed by atoms with van der Waals surface area (Å²) in [6, 6.07) is 10.7. The summed E-state index contributed by atoms with van der Waals surface area (Å²) >= 11 is 1.24. The van der Waals surface area contributed by atoms with Crippen LogP contribution in [0.5, 0.6) is 5.75 Å². The molecule has 0 radical (unpaired) electrons. The van der Waals surface area contributed by atoms with E-state index in [2.05, 4.69) is 31.2 Å². The third kappa shape index (κ3) is 16.5. The Balaban J connectivity index is 0.00000729. The molecule has 0 aliphatic carbocycles. The molecule has 14 nitrogen and oxygen atoms in total. The van der Waals surface area contributed by atoms with Crippen molar-refractivity contribution in [2.45, 2.75) is 89.9 Å². The van der Waals surface area contributed by atoms with Gasteiger partial charge in [-0.15, -0.1) is 11.3 Å². The third-order valence-corrected chi connectivity index (χ3v) is 9.32. The Morgan fingerprint density at radius 1 is 0.982 bits per heavy atom. The van der Waals surface area contributed by atoms with Crippen molar-refractivity contribution in [1.82, 2.24) is 26.3 Å². The number of ether oxygens (including phenoxy) is 1. The van der Waals surface area contributed by atoms with E-state index < -0.39 is 47.8 Å². The number of amides is 4. The highest BCUT2D eigenvalue weighted by atomic mass is 32.1. The van der Waals surface area contributed by atoms with Crippen molar-refractivity contribution >= 4 is 111 Å². The Labute approximate surface area is 354 Å². The van der Waals surface area contributed by atoms with Gasteiger partial charge in [0.2, 0.25) is 29.4 Å². The van der Waals surface area contributed by atoms with E-state index in [1.165, 1.54) is 18.3 Å². The lowest BCUT2D eigenvalue weighted by molar-refractivity contribution is -0.134. The van der Waals surface area contributed by atoms with Gasteiger partial charge < -0.3 is 37.5 Å². The minimum atomic E-state index is -1.03. The van der Waals surface area contributed by atoms with Crippen molar-refractivity contribution in [3.63, 3.8) is 0 Å². The van der Waals surface area contributed by atoms with Gasteiger partial charge in [-0.25, -0.2) is 4.98 Å². The molecular weight excluding hydrogens is 801 g/mol. The summed E-state index contributed by atoms with van der Waals surface area (Å²) in [4.78, 5) is 75.8. The Bertz CT molecular complexity index is 1690. The first kappa shape index (κ1) is 51.4. The highest BCUT2D eigenvalue weighted by Crippen LogP contribution is 2.24. The van der Waals surface area contributed by atoms with Crippen molar-refractivity contribution in [2.75, 3.05) is 13.2 Å². The van der Waals surface area contributed by atoms with Gasteiger partial charge in [0.1, 0.15) is 23.9 Å². The largest absolute Gasteiger partial charge is 0.494 e. The van der Waals surface area contributed by atoms with Gasteiger partial charge >= 0.3 is 0 Å². The first-order valence-electron chi connectivity index (χ1n) is 17.2. The van der Waals surface area contributed by atoms with Crippen molar-refractivity contribution in [1.29, 1.82) is 0 Å². The smallest absolute Gasteiger partial charge is 0.243 e.